The number of para-hydroxylation sites is 1. The number of carbonyl (C=O) groups excluding carboxylic acids is 1. The van der Waals surface area contributed by atoms with Gasteiger partial charge in [0.1, 0.15) is 11.6 Å². The Labute approximate surface area is 173 Å². The van der Waals surface area contributed by atoms with E-state index in [4.69, 9.17) is 4.74 Å². The minimum absolute atomic E-state index is 0.118. The number of carbonyl (C=O) groups is 1. The van der Waals surface area contributed by atoms with Crippen molar-refractivity contribution in [2.24, 2.45) is 5.92 Å². The van der Waals surface area contributed by atoms with Crippen molar-refractivity contribution >= 4 is 11.6 Å². The van der Waals surface area contributed by atoms with Crippen LogP contribution >= 0.6 is 0 Å². The zero-order valence-corrected chi connectivity index (χ0v) is 17.4. The summed E-state index contributed by atoms with van der Waals surface area (Å²) in [5.41, 5.74) is 1.53. The molecule has 0 bridgehead atoms. The van der Waals surface area contributed by atoms with Crippen molar-refractivity contribution in [1.82, 2.24) is 4.90 Å². The van der Waals surface area contributed by atoms with E-state index < -0.39 is 5.82 Å². The first-order valence-corrected chi connectivity index (χ1v) is 10.5. The topological polar surface area (TPSA) is 41.6 Å². The van der Waals surface area contributed by atoms with Crippen LogP contribution in [0.1, 0.15) is 45.1 Å². The Hall–Kier alpha value is -2.40. The molecule has 0 aromatic heterocycles. The molecule has 0 radical (unpaired) electrons. The zero-order chi connectivity index (χ0) is 20.6. The van der Waals surface area contributed by atoms with Crippen LogP contribution in [0.2, 0.25) is 0 Å². The van der Waals surface area contributed by atoms with Gasteiger partial charge < -0.3 is 10.1 Å². The molecular weight excluding hydrogens is 367 g/mol. The van der Waals surface area contributed by atoms with Crippen molar-refractivity contribution in [3.63, 3.8) is 0 Å². The SMILES string of the molecule is CC(C)Oc1ccc(CN2CCC[C@H](CCC(=O)Nc3ccccc3F)C2)cc1. The lowest BCUT2D eigenvalue weighted by atomic mass is 9.93. The first-order valence-electron chi connectivity index (χ1n) is 10.5. The van der Waals surface area contributed by atoms with E-state index in [0.717, 1.165) is 44.6 Å². The molecule has 1 atom stereocenters. The van der Waals surface area contributed by atoms with Gasteiger partial charge in [-0.05, 0) is 75.4 Å². The minimum Gasteiger partial charge on any atom is -0.491 e. The predicted molar refractivity (Wildman–Crippen MR) is 114 cm³/mol. The van der Waals surface area contributed by atoms with Crippen molar-refractivity contribution in [2.75, 3.05) is 18.4 Å². The highest BCUT2D eigenvalue weighted by Crippen LogP contribution is 2.24. The van der Waals surface area contributed by atoms with Crippen LogP contribution in [0.25, 0.3) is 0 Å². The Morgan fingerprint density at radius 3 is 2.69 bits per heavy atom. The van der Waals surface area contributed by atoms with E-state index in [1.807, 2.05) is 26.0 Å². The van der Waals surface area contributed by atoms with Crippen molar-refractivity contribution in [2.45, 2.75) is 52.2 Å². The van der Waals surface area contributed by atoms with Gasteiger partial charge in [0.05, 0.1) is 11.8 Å². The van der Waals surface area contributed by atoms with Gasteiger partial charge in [-0.2, -0.15) is 0 Å². The van der Waals surface area contributed by atoms with Gasteiger partial charge in [-0.25, -0.2) is 4.39 Å². The summed E-state index contributed by atoms with van der Waals surface area (Å²) in [6.07, 6.45) is 3.73. The lowest BCUT2D eigenvalue weighted by molar-refractivity contribution is -0.116. The maximum atomic E-state index is 13.7. The number of likely N-dealkylation sites (tertiary alicyclic amines) is 1. The van der Waals surface area contributed by atoms with E-state index in [1.165, 1.54) is 11.6 Å². The number of halogens is 1. The fraction of sp³-hybridized carbons (Fsp3) is 0.458. The highest BCUT2D eigenvalue weighted by atomic mass is 19.1. The van der Waals surface area contributed by atoms with Crippen molar-refractivity contribution in [3.8, 4) is 5.75 Å². The lowest BCUT2D eigenvalue weighted by Crippen LogP contribution is -2.35. The normalized spacial score (nSPS) is 17.3. The molecule has 1 heterocycles. The molecule has 1 amide bonds. The molecule has 29 heavy (non-hydrogen) atoms. The van der Waals surface area contributed by atoms with Crippen molar-refractivity contribution < 1.29 is 13.9 Å². The molecule has 4 nitrogen and oxygen atoms in total. The molecule has 0 aliphatic carbocycles. The Morgan fingerprint density at radius 1 is 1.21 bits per heavy atom. The van der Waals surface area contributed by atoms with E-state index in [2.05, 4.69) is 22.3 Å². The molecule has 0 unspecified atom stereocenters. The Balaban J connectivity index is 1.44. The highest BCUT2D eigenvalue weighted by molar-refractivity contribution is 5.90. The Kier molecular flexibility index (Phi) is 7.64. The maximum absolute atomic E-state index is 13.7. The summed E-state index contributed by atoms with van der Waals surface area (Å²) in [6.45, 7) is 7.05. The second-order valence-corrected chi connectivity index (χ2v) is 8.12. The number of hydrogen-bond donors (Lipinski definition) is 1. The largest absolute Gasteiger partial charge is 0.491 e. The lowest BCUT2D eigenvalue weighted by Gasteiger charge is -2.32. The molecular formula is C24H31FN2O2. The summed E-state index contributed by atoms with van der Waals surface area (Å²) in [4.78, 5) is 14.6. The Morgan fingerprint density at radius 2 is 1.97 bits per heavy atom. The molecule has 5 heteroatoms. The van der Waals surface area contributed by atoms with E-state index in [0.29, 0.717) is 12.3 Å². The number of nitrogens with zero attached hydrogens (tertiary/aromatic N) is 1. The van der Waals surface area contributed by atoms with E-state index >= 15 is 0 Å². The Bertz CT molecular complexity index is 792. The van der Waals surface area contributed by atoms with Crippen LogP contribution in [-0.4, -0.2) is 30.0 Å². The highest BCUT2D eigenvalue weighted by Gasteiger charge is 2.21. The minimum atomic E-state index is -0.394. The standard InChI is InChI=1S/C24H31FN2O2/c1-18(2)29-21-12-9-20(10-13-21)17-27-15-5-6-19(16-27)11-14-24(28)26-23-8-4-3-7-22(23)25/h3-4,7-10,12-13,18-19H,5-6,11,14-17H2,1-2H3,(H,26,28)/t19-/m1/s1. The molecule has 2 aromatic carbocycles. The zero-order valence-electron chi connectivity index (χ0n) is 17.4. The van der Waals surface area contributed by atoms with Gasteiger partial charge in [0.2, 0.25) is 5.91 Å². The molecule has 156 valence electrons. The van der Waals surface area contributed by atoms with Gasteiger partial charge in [0, 0.05) is 19.5 Å². The summed E-state index contributed by atoms with van der Waals surface area (Å²) in [6, 6.07) is 14.6. The maximum Gasteiger partial charge on any atom is 0.224 e. The molecule has 2 aromatic rings. The number of rotatable bonds is 8. The van der Waals surface area contributed by atoms with Gasteiger partial charge in [-0.15, -0.1) is 0 Å². The predicted octanol–water partition coefficient (Wildman–Crippen LogP) is 5.24. The molecule has 1 N–H and O–H groups in total. The summed E-state index contributed by atoms with van der Waals surface area (Å²) < 4.78 is 19.4. The number of hydrogen-bond acceptors (Lipinski definition) is 3. The van der Waals surface area contributed by atoms with Crippen LogP contribution in [0.5, 0.6) is 5.75 Å². The molecule has 1 aliphatic rings. The number of benzene rings is 2. The fourth-order valence-corrected chi connectivity index (χ4v) is 3.84. The average Bonchev–Trinajstić information content (AvgIpc) is 2.70. The molecule has 0 saturated carbocycles. The molecule has 1 fully saturated rings. The smallest absolute Gasteiger partial charge is 0.224 e. The molecule has 3 rings (SSSR count). The third-order valence-corrected chi connectivity index (χ3v) is 5.23. The van der Waals surface area contributed by atoms with E-state index in [-0.39, 0.29) is 17.7 Å². The van der Waals surface area contributed by atoms with Crippen LogP contribution in [0.3, 0.4) is 0 Å². The van der Waals surface area contributed by atoms with Gasteiger partial charge in [0.25, 0.3) is 0 Å². The quantitative estimate of drug-likeness (QED) is 0.661. The van der Waals surface area contributed by atoms with E-state index in [1.54, 1.807) is 18.2 Å². The van der Waals surface area contributed by atoms with Crippen LogP contribution in [0, 0.1) is 11.7 Å². The summed E-state index contributed by atoms with van der Waals surface area (Å²) >= 11 is 0. The van der Waals surface area contributed by atoms with Gasteiger partial charge >= 0.3 is 0 Å². The molecule has 1 aliphatic heterocycles. The van der Waals surface area contributed by atoms with Crippen molar-refractivity contribution in [3.05, 3.63) is 59.9 Å². The second-order valence-electron chi connectivity index (χ2n) is 8.12. The first kappa shape index (κ1) is 21.3. The van der Waals surface area contributed by atoms with Gasteiger partial charge in [0.15, 0.2) is 0 Å². The molecule has 0 spiro atoms. The van der Waals surface area contributed by atoms with Crippen LogP contribution in [-0.2, 0) is 11.3 Å². The van der Waals surface area contributed by atoms with Crippen LogP contribution in [0.4, 0.5) is 10.1 Å². The van der Waals surface area contributed by atoms with Crippen LogP contribution in [0.15, 0.2) is 48.5 Å². The average molecular weight is 399 g/mol. The molecule has 1 saturated heterocycles. The third-order valence-electron chi connectivity index (χ3n) is 5.23. The van der Waals surface area contributed by atoms with Crippen molar-refractivity contribution in [1.29, 1.82) is 0 Å². The fourth-order valence-electron chi connectivity index (χ4n) is 3.84. The first-order chi connectivity index (χ1) is 14.0. The number of nitrogens with one attached hydrogen (secondary N) is 1. The van der Waals surface area contributed by atoms with Gasteiger partial charge in [-0.1, -0.05) is 24.3 Å². The summed E-state index contributed by atoms with van der Waals surface area (Å²) in [5.74, 6) is 0.891. The van der Waals surface area contributed by atoms with E-state index in [9.17, 15) is 9.18 Å². The number of anilines is 1. The number of amides is 1. The summed E-state index contributed by atoms with van der Waals surface area (Å²) in [7, 11) is 0. The number of piperidine rings is 1. The monoisotopic (exact) mass is 398 g/mol. The van der Waals surface area contributed by atoms with Gasteiger partial charge in [-0.3, -0.25) is 9.69 Å². The third kappa shape index (κ3) is 6.86. The second kappa shape index (κ2) is 10.4. The van der Waals surface area contributed by atoms with Crippen LogP contribution < -0.4 is 10.1 Å². The number of ether oxygens (including phenoxy) is 1. The summed E-state index contributed by atoms with van der Waals surface area (Å²) in [5, 5.41) is 2.68.